The summed E-state index contributed by atoms with van der Waals surface area (Å²) in [6.07, 6.45) is -0.861. The second-order valence-electron chi connectivity index (χ2n) is 3.98. The Morgan fingerprint density at radius 2 is 2.15 bits per heavy atom. The summed E-state index contributed by atoms with van der Waals surface area (Å²) in [6, 6.07) is 0. The molecule has 4 nitrogen and oxygen atoms in total. The highest BCUT2D eigenvalue weighted by atomic mass is 16.7. The smallest absolute Gasteiger partial charge is 0.163 e. The Morgan fingerprint density at radius 1 is 1.54 bits per heavy atom. The van der Waals surface area contributed by atoms with E-state index in [9.17, 15) is 5.11 Å². The maximum absolute atomic E-state index is 9.37. The van der Waals surface area contributed by atoms with Crippen LogP contribution < -0.4 is 0 Å². The van der Waals surface area contributed by atoms with Gasteiger partial charge in [-0.25, -0.2) is 0 Å². The number of hydrogen-bond acceptors (Lipinski definition) is 4. The van der Waals surface area contributed by atoms with Crippen LogP contribution in [0.25, 0.3) is 0 Å². The lowest BCUT2D eigenvalue weighted by atomic mass is 9.99. The maximum atomic E-state index is 9.37. The highest BCUT2D eigenvalue weighted by Gasteiger charge is 2.37. The van der Waals surface area contributed by atoms with E-state index >= 15 is 0 Å². The molecule has 0 spiro atoms. The molecule has 3 atom stereocenters. The van der Waals surface area contributed by atoms with Crippen molar-refractivity contribution < 1.29 is 19.7 Å². The van der Waals surface area contributed by atoms with Crippen molar-refractivity contribution in [2.24, 2.45) is 5.92 Å². The first-order chi connectivity index (χ1) is 5.96. The zero-order chi connectivity index (χ0) is 10.1. The molecule has 0 aliphatic carbocycles. The summed E-state index contributed by atoms with van der Waals surface area (Å²) in [7, 11) is 0. The van der Waals surface area contributed by atoms with Crippen LogP contribution in [0.2, 0.25) is 0 Å². The van der Waals surface area contributed by atoms with Gasteiger partial charge >= 0.3 is 0 Å². The van der Waals surface area contributed by atoms with Crippen LogP contribution in [0, 0.1) is 5.92 Å². The molecular weight excluding hydrogens is 172 g/mol. The normalized spacial score (nSPS) is 31.6. The second kappa shape index (κ2) is 3.92. The molecule has 0 bridgehead atoms. The van der Waals surface area contributed by atoms with Crippen LogP contribution in [0.4, 0.5) is 0 Å². The lowest BCUT2D eigenvalue weighted by Crippen LogP contribution is -2.34. The Kier molecular flexibility index (Phi) is 3.29. The van der Waals surface area contributed by atoms with Gasteiger partial charge in [0.25, 0.3) is 0 Å². The summed E-state index contributed by atoms with van der Waals surface area (Å²) in [5.41, 5.74) is 0. The number of aliphatic hydroxyl groups excluding tert-OH is 2. The van der Waals surface area contributed by atoms with Crippen molar-refractivity contribution in [3.63, 3.8) is 0 Å². The highest BCUT2D eigenvalue weighted by Crippen LogP contribution is 2.27. The van der Waals surface area contributed by atoms with Crippen molar-refractivity contribution in [3.8, 4) is 0 Å². The van der Waals surface area contributed by atoms with Gasteiger partial charge < -0.3 is 19.7 Å². The minimum absolute atomic E-state index is 0.105. The van der Waals surface area contributed by atoms with Gasteiger partial charge in [0.15, 0.2) is 5.79 Å². The van der Waals surface area contributed by atoms with Gasteiger partial charge in [-0.3, -0.25) is 0 Å². The molecule has 1 heterocycles. The van der Waals surface area contributed by atoms with Gasteiger partial charge in [-0.1, -0.05) is 6.92 Å². The second-order valence-corrected chi connectivity index (χ2v) is 3.98. The molecule has 78 valence electrons. The van der Waals surface area contributed by atoms with Crippen LogP contribution >= 0.6 is 0 Å². The SMILES string of the molecule is C[C@@H]([C@@H](O)CO)[C@H]1COC(C)(C)O1. The molecule has 0 aromatic rings. The number of aliphatic hydroxyl groups is 2. The van der Waals surface area contributed by atoms with Gasteiger partial charge in [0.1, 0.15) is 0 Å². The van der Waals surface area contributed by atoms with E-state index in [-0.39, 0.29) is 18.6 Å². The van der Waals surface area contributed by atoms with Crippen LogP contribution in [0.15, 0.2) is 0 Å². The van der Waals surface area contributed by atoms with Crippen molar-refractivity contribution >= 4 is 0 Å². The zero-order valence-corrected chi connectivity index (χ0v) is 8.36. The van der Waals surface area contributed by atoms with Crippen molar-refractivity contribution in [2.75, 3.05) is 13.2 Å². The van der Waals surface area contributed by atoms with Gasteiger partial charge in [0, 0.05) is 5.92 Å². The van der Waals surface area contributed by atoms with E-state index in [0.717, 1.165) is 0 Å². The third-order valence-electron chi connectivity index (χ3n) is 2.41. The third kappa shape index (κ3) is 2.64. The Balaban J connectivity index is 2.46. The first-order valence-corrected chi connectivity index (χ1v) is 4.57. The van der Waals surface area contributed by atoms with Crippen molar-refractivity contribution in [2.45, 2.75) is 38.8 Å². The number of ether oxygens (including phenoxy) is 2. The summed E-state index contributed by atoms with van der Waals surface area (Å²) in [5, 5.41) is 18.1. The van der Waals surface area contributed by atoms with Crippen LogP contribution in [0.3, 0.4) is 0 Å². The summed E-state index contributed by atoms with van der Waals surface area (Å²) in [6.45, 7) is 5.76. The van der Waals surface area contributed by atoms with Crippen molar-refractivity contribution in [1.29, 1.82) is 0 Å². The number of hydrogen-bond donors (Lipinski definition) is 2. The quantitative estimate of drug-likeness (QED) is 0.664. The fraction of sp³-hybridized carbons (Fsp3) is 1.00. The van der Waals surface area contributed by atoms with E-state index in [1.54, 1.807) is 0 Å². The van der Waals surface area contributed by atoms with Crippen LogP contribution in [0.1, 0.15) is 20.8 Å². The molecule has 0 saturated carbocycles. The monoisotopic (exact) mass is 190 g/mol. The molecule has 1 saturated heterocycles. The van der Waals surface area contributed by atoms with Crippen molar-refractivity contribution in [1.82, 2.24) is 0 Å². The van der Waals surface area contributed by atoms with Crippen LogP contribution in [-0.4, -0.2) is 41.4 Å². The first-order valence-electron chi connectivity index (χ1n) is 4.57. The largest absolute Gasteiger partial charge is 0.394 e. The Bertz CT molecular complexity index is 169. The lowest BCUT2D eigenvalue weighted by molar-refractivity contribution is -0.149. The molecule has 13 heavy (non-hydrogen) atoms. The topological polar surface area (TPSA) is 58.9 Å². The van der Waals surface area contributed by atoms with Gasteiger partial charge in [0.05, 0.1) is 25.4 Å². The first kappa shape index (κ1) is 10.9. The Morgan fingerprint density at radius 3 is 2.54 bits per heavy atom. The fourth-order valence-electron chi connectivity index (χ4n) is 1.39. The van der Waals surface area contributed by atoms with E-state index in [1.165, 1.54) is 0 Å². The molecule has 0 aromatic heterocycles. The van der Waals surface area contributed by atoms with E-state index in [2.05, 4.69) is 0 Å². The molecule has 0 amide bonds. The Labute approximate surface area is 78.5 Å². The van der Waals surface area contributed by atoms with E-state index < -0.39 is 11.9 Å². The average molecular weight is 190 g/mol. The third-order valence-corrected chi connectivity index (χ3v) is 2.41. The minimum atomic E-state index is -0.734. The summed E-state index contributed by atoms with van der Waals surface area (Å²) in [4.78, 5) is 0. The maximum Gasteiger partial charge on any atom is 0.163 e. The van der Waals surface area contributed by atoms with E-state index in [0.29, 0.717) is 6.61 Å². The van der Waals surface area contributed by atoms with Crippen LogP contribution in [0.5, 0.6) is 0 Å². The average Bonchev–Trinajstić information content (AvgIpc) is 2.43. The highest BCUT2D eigenvalue weighted by molar-refractivity contribution is 4.79. The predicted octanol–water partition coefficient (Wildman–Crippen LogP) is 0.127. The molecule has 1 fully saturated rings. The molecule has 1 aliphatic rings. The lowest BCUT2D eigenvalue weighted by Gasteiger charge is -2.23. The molecule has 0 aromatic carbocycles. The zero-order valence-electron chi connectivity index (χ0n) is 8.36. The summed E-state index contributed by atoms with van der Waals surface area (Å²) < 4.78 is 10.9. The molecule has 0 unspecified atom stereocenters. The summed E-state index contributed by atoms with van der Waals surface area (Å²) in [5.74, 6) is -0.666. The van der Waals surface area contributed by atoms with Crippen molar-refractivity contribution in [3.05, 3.63) is 0 Å². The predicted molar refractivity (Wildman–Crippen MR) is 47.2 cm³/mol. The van der Waals surface area contributed by atoms with E-state index in [1.807, 2.05) is 20.8 Å². The Hall–Kier alpha value is -0.160. The summed E-state index contributed by atoms with van der Waals surface area (Å²) >= 11 is 0. The molecule has 4 heteroatoms. The van der Waals surface area contributed by atoms with Gasteiger partial charge in [0.2, 0.25) is 0 Å². The van der Waals surface area contributed by atoms with Crippen LogP contribution in [-0.2, 0) is 9.47 Å². The van der Waals surface area contributed by atoms with Gasteiger partial charge in [-0.05, 0) is 13.8 Å². The fourth-order valence-corrected chi connectivity index (χ4v) is 1.39. The molecule has 1 aliphatic heterocycles. The molecule has 0 radical (unpaired) electrons. The minimum Gasteiger partial charge on any atom is -0.394 e. The van der Waals surface area contributed by atoms with E-state index in [4.69, 9.17) is 14.6 Å². The molecular formula is C9H18O4. The molecule has 2 N–H and O–H groups in total. The van der Waals surface area contributed by atoms with Gasteiger partial charge in [-0.15, -0.1) is 0 Å². The number of rotatable bonds is 3. The van der Waals surface area contributed by atoms with Gasteiger partial charge in [-0.2, -0.15) is 0 Å². The molecule has 1 rings (SSSR count). The standard InChI is InChI=1S/C9H18O4/c1-6(7(11)4-10)8-5-12-9(2,3)13-8/h6-8,10-11H,4-5H2,1-3H3/t6-,7-,8+/m0/s1.